The third-order valence-electron chi connectivity index (χ3n) is 4.16. The Labute approximate surface area is 169 Å². The second-order valence-corrected chi connectivity index (χ2v) is 8.16. The van der Waals surface area contributed by atoms with Gasteiger partial charge in [-0.15, -0.1) is 11.3 Å². The van der Waals surface area contributed by atoms with Gasteiger partial charge in [-0.05, 0) is 35.1 Å². The first-order chi connectivity index (χ1) is 13.3. The highest BCUT2D eigenvalue weighted by molar-refractivity contribution is 7.17. The molecule has 0 aliphatic heterocycles. The smallest absolute Gasteiger partial charge is 0.332 e. The molecule has 0 fully saturated rings. The van der Waals surface area contributed by atoms with Crippen LogP contribution < -0.4 is 16.6 Å². The number of aromatic nitrogens is 2. The molecular weight excluding hydrogens is 405 g/mol. The Morgan fingerprint density at radius 3 is 2.68 bits per heavy atom. The van der Waals surface area contributed by atoms with Crippen LogP contribution in [0.15, 0.2) is 39.2 Å². The molecule has 148 valence electrons. The average Bonchev–Trinajstić information content (AvgIpc) is 3.13. The highest BCUT2D eigenvalue weighted by Crippen LogP contribution is 2.17. The fraction of sp³-hybridized carbons (Fsp3) is 0.316. The van der Waals surface area contributed by atoms with Crippen molar-refractivity contribution in [2.24, 2.45) is 5.92 Å². The summed E-state index contributed by atoms with van der Waals surface area (Å²) >= 11 is 6.99. The molecule has 3 rings (SSSR count). The van der Waals surface area contributed by atoms with Gasteiger partial charge in [-0.2, -0.15) is 0 Å². The summed E-state index contributed by atoms with van der Waals surface area (Å²) in [4.78, 5) is 37.8. The largest absolute Gasteiger partial charge is 0.350 e. The van der Waals surface area contributed by atoms with E-state index in [2.05, 4.69) is 5.32 Å². The number of thiophene rings is 1. The van der Waals surface area contributed by atoms with Crippen molar-refractivity contribution in [1.82, 2.24) is 14.5 Å². The van der Waals surface area contributed by atoms with Gasteiger partial charge in [-0.3, -0.25) is 18.7 Å². The highest BCUT2D eigenvalue weighted by Gasteiger charge is 2.17. The van der Waals surface area contributed by atoms with Crippen molar-refractivity contribution in [2.75, 3.05) is 0 Å². The topological polar surface area (TPSA) is 73.1 Å². The van der Waals surface area contributed by atoms with Crippen molar-refractivity contribution < 1.29 is 9.18 Å². The number of fused-ring (bicyclic) bond motifs is 1. The van der Waals surface area contributed by atoms with Gasteiger partial charge in [-0.1, -0.05) is 31.5 Å². The summed E-state index contributed by atoms with van der Waals surface area (Å²) in [5.74, 6) is -0.825. The Kier molecular flexibility index (Phi) is 6.00. The number of carbonyl (C=O) groups excluding carboxylic acids is 1. The van der Waals surface area contributed by atoms with Crippen molar-refractivity contribution in [3.8, 4) is 0 Å². The first-order valence-corrected chi connectivity index (χ1v) is 9.95. The molecule has 1 N–H and O–H groups in total. The maximum atomic E-state index is 13.2. The van der Waals surface area contributed by atoms with Crippen molar-refractivity contribution in [2.45, 2.75) is 33.5 Å². The fourth-order valence-corrected chi connectivity index (χ4v) is 3.91. The van der Waals surface area contributed by atoms with Crippen LogP contribution in [-0.4, -0.2) is 15.0 Å². The lowest BCUT2D eigenvalue weighted by molar-refractivity contribution is -0.121. The molecule has 0 atom stereocenters. The van der Waals surface area contributed by atoms with Crippen LogP contribution in [0, 0.1) is 11.7 Å². The molecule has 0 radical (unpaired) electrons. The fourth-order valence-electron chi connectivity index (χ4n) is 2.86. The first kappa shape index (κ1) is 20.3. The van der Waals surface area contributed by atoms with Crippen molar-refractivity contribution in [3.63, 3.8) is 0 Å². The second-order valence-electron chi connectivity index (χ2n) is 6.84. The Morgan fingerprint density at radius 1 is 1.25 bits per heavy atom. The van der Waals surface area contributed by atoms with E-state index in [0.717, 1.165) is 0 Å². The molecule has 6 nitrogen and oxygen atoms in total. The van der Waals surface area contributed by atoms with Crippen LogP contribution >= 0.6 is 22.9 Å². The molecule has 0 unspecified atom stereocenters. The predicted molar refractivity (Wildman–Crippen MR) is 108 cm³/mol. The van der Waals surface area contributed by atoms with Crippen LogP contribution in [0.4, 0.5) is 4.39 Å². The number of carbonyl (C=O) groups is 1. The van der Waals surface area contributed by atoms with Gasteiger partial charge in [-0.25, -0.2) is 9.18 Å². The molecule has 28 heavy (non-hydrogen) atoms. The Hall–Kier alpha value is -2.45. The molecule has 0 aliphatic carbocycles. The molecule has 0 spiro atoms. The van der Waals surface area contributed by atoms with E-state index in [1.807, 2.05) is 13.8 Å². The predicted octanol–water partition coefficient (Wildman–Crippen LogP) is 2.99. The Balaban J connectivity index is 1.85. The first-order valence-electron chi connectivity index (χ1n) is 8.69. The highest BCUT2D eigenvalue weighted by atomic mass is 35.5. The number of amides is 1. The molecule has 1 amide bonds. The zero-order valence-corrected chi connectivity index (χ0v) is 16.9. The third kappa shape index (κ3) is 4.18. The van der Waals surface area contributed by atoms with Gasteiger partial charge in [0.1, 0.15) is 17.1 Å². The summed E-state index contributed by atoms with van der Waals surface area (Å²) in [5.41, 5.74) is 0.239. The van der Waals surface area contributed by atoms with E-state index in [-0.39, 0.29) is 36.1 Å². The van der Waals surface area contributed by atoms with Gasteiger partial charge in [0.05, 0.1) is 10.5 Å². The van der Waals surface area contributed by atoms with Crippen LogP contribution in [-0.2, 0) is 24.4 Å². The number of hydrogen-bond donors (Lipinski definition) is 1. The van der Waals surface area contributed by atoms with E-state index < -0.39 is 17.4 Å². The number of rotatable bonds is 6. The molecule has 1 aromatic carbocycles. The molecule has 9 heteroatoms. The lowest BCUT2D eigenvalue weighted by Gasteiger charge is -2.13. The number of benzene rings is 1. The zero-order valence-electron chi connectivity index (χ0n) is 15.4. The number of hydrogen-bond acceptors (Lipinski definition) is 4. The molecule has 0 saturated carbocycles. The summed E-state index contributed by atoms with van der Waals surface area (Å²) in [7, 11) is 0. The normalized spacial score (nSPS) is 11.3. The lowest BCUT2D eigenvalue weighted by Crippen LogP contribution is -2.42. The van der Waals surface area contributed by atoms with E-state index in [4.69, 9.17) is 11.6 Å². The standard InChI is InChI=1S/C19H19ClFN3O3S/c1-11(2)9-24-18(26)17-15(5-6-28-17)23(19(24)27)10-16(25)22-8-12-3-4-14(21)13(20)7-12/h3-7,11H,8-10H2,1-2H3,(H,22,25). The van der Waals surface area contributed by atoms with E-state index in [0.29, 0.717) is 15.8 Å². The van der Waals surface area contributed by atoms with Gasteiger partial charge in [0.25, 0.3) is 5.56 Å². The third-order valence-corrected chi connectivity index (χ3v) is 5.34. The SMILES string of the molecule is CC(C)Cn1c(=O)c2sccc2n(CC(=O)NCc2ccc(F)c(Cl)c2)c1=O. The van der Waals surface area contributed by atoms with Crippen molar-refractivity contribution >= 4 is 39.1 Å². The molecule has 2 heterocycles. The molecule has 0 aliphatic rings. The molecule has 2 aromatic heterocycles. The van der Waals surface area contributed by atoms with Crippen LogP contribution in [0.2, 0.25) is 5.02 Å². The molecule has 0 bridgehead atoms. The maximum Gasteiger partial charge on any atom is 0.332 e. The minimum absolute atomic E-state index is 0.0243. The Bertz CT molecular complexity index is 1150. The van der Waals surface area contributed by atoms with Gasteiger partial charge in [0, 0.05) is 13.1 Å². The zero-order chi connectivity index (χ0) is 20.4. The Morgan fingerprint density at radius 2 is 2.00 bits per heavy atom. The van der Waals surface area contributed by atoms with Crippen LogP contribution in [0.3, 0.4) is 0 Å². The van der Waals surface area contributed by atoms with Crippen LogP contribution in [0.5, 0.6) is 0 Å². The summed E-state index contributed by atoms with van der Waals surface area (Å²) in [6.45, 7) is 4.03. The van der Waals surface area contributed by atoms with Crippen molar-refractivity contribution in [3.05, 3.63) is 66.9 Å². The van der Waals surface area contributed by atoms with Gasteiger partial charge in [0.2, 0.25) is 5.91 Å². The molecule has 3 aromatic rings. The van der Waals surface area contributed by atoms with Crippen molar-refractivity contribution in [1.29, 1.82) is 0 Å². The summed E-state index contributed by atoms with van der Waals surface area (Å²) in [6, 6.07) is 5.84. The van der Waals surface area contributed by atoms with E-state index in [1.165, 1.54) is 38.7 Å². The monoisotopic (exact) mass is 423 g/mol. The van der Waals surface area contributed by atoms with E-state index >= 15 is 0 Å². The van der Waals surface area contributed by atoms with Crippen LogP contribution in [0.1, 0.15) is 19.4 Å². The summed E-state index contributed by atoms with van der Waals surface area (Å²) < 4.78 is 16.2. The maximum absolute atomic E-state index is 13.2. The summed E-state index contributed by atoms with van der Waals surface area (Å²) in [5, 5.41) is 4.39. The lowest BCUT2D eigenvalue weighted by atomic mass is 10.2. The van der Waals surface area contributed by atoms with Gasteiger partial charge >= 0.3 is 5.69 Å². The van der Waals surface area contributed by atoms with E-state index in [9.17, 15) is 18.8 Å². The number of nitrogens with one attached hydrogen (secondary N) is 1. The number of halogens is 2. The average molecular weight is 424 g/mol. The van der Waals surface area contributed by atoms with Gasteiger partial charge < -0.3 is 5.32 Å². The van der Waals surface area contributed by atoms with Crippen LogP contribution in [0.25, 0.3) is 10.2 Å². The quantitative estimate of drug-likeness (QED) is 0.662. The summed E-state index contributed by atoms with van der Waals surface area (Å²) in [6.07, 6.45) is 0. The minimum Gasteiger partial charge on any atom is -0.350 e. The second kappa shape index (κ2) is 8.28. The van der Waals surface area contributed by atoms with Gasteiger partial charge in [0.15, 0.2) is 0 Å². The van der Waals surface area contributed by atoms with E-state index in [1.54, 1.807) is 11.4 Å². The minimum atomic E-state index is -0.532. The molecule has 0 saturated heterocycles. The number of nitrogens with zero attached hydrogens (tertiary/aromatic N) is 2. The molecular formula is C19H19ClFN3O3S.